The van der Waals surface area contributed by atoms with Crippen LogP contribution in [0.15, 0.2) is 39.8 Å². The summed E-state index contributed by atoms with van der Waals surface area (Å²) in [6.07, 6.45) is 2.29. The highest BCUT2D eigenvalue weighted by Gasteiger charge is 2.04. The largest absolute Gasteiger partial charge is 0.518 e. The molecule has 2 aromatic heterocycles. The zero-order valence-corrected chi connectivity index (χ0v) is 7.43. The van der Waals surface area contributed by atoms with Crippen molar-refractivity contribution in [3.63, 3.8) is 0 Å². The molecule has 0 unspecified atom stereocenters. The zero-order valence-electron chi connectivity index (χ0n) is 7.43. The first-order chi connectivity index (χ1) is 7.24. The molecule has 0 aliphatic rings. The molecule has 80 valence electrons. The molecular weight excluding hydrogens is 208 g/mol. The summed E-state index contributed by atoms with van der Waals surface area (Å²) in [5.74, 6) is -1.07. The van der Waals surface area contributed by atoms with Crippen LogP contribution in [-0.4, -0.2) is 0 Å². The van der Waals surface area contributed by atoms with Crippen LogP contribution in [0.5, 0.6) is 0 Å². The van der Waals surface area contributed by atoms with Crippen LogP contribution < -0.4 is 11.6 Å². The van der Waals surface area contributed by atoms with E-state index in [-0.39, 0.29) is 24.7 Å². The molecule has 0 aromatic carbocycles. The maximum Gasteiger partial charge on any atom is 0.518 e. The lowest BCUT2D eigenvalue weighted by atomic mass is 10.5. The van der Waals surface area contributed by atoms with Crippen LogP contribution >= 0.6 is 0 Å². The fourth-order valence-electron chi connectivity index (χ4n) is 0.917. The Balaban J connectivity index is 1.85. The van der Waals surface area contributed by atoms with Crippen molar-refractivity contribution in [3.05, 3.63) is 45.3 Å². The SMILES string of the molecule is O=c1occ(COCc2coc(=O)o2)o1. The van der Waals surface area contributed by atoms with Gasteiger partial charge in [-0.1, -0.05) is 0 Å². The quantitative estimate of drug-likeness (QED) is 0.730. The Morgan fingerprint density at radius 3 is 1.73 bits per heavy atom. The fraction of sp³-hybridized carbons (Fsp3) is 0.250. The van der Waals surface area contributed by atoms with Crippen LogP contribution in [0.3, 0.4) is 0 Å². The molecule has 7 nitrogen and oxygen atoms in total. The molecule has 0 N–H and O–H groups in total. The summed E-state index contributed by atoms with van der Waals surface area (Å²) in [6.45, 7) is 0.0846. The number of ether oxygens (including phenoxy) is 1. The second kappa shape index (κ2) is 4.01. The maximum absolute atomic E-state index is 10.5. The van der Waals surface area contributed by atoms with Crippen molar-refractivity contribution in [3.8, 4) is 0 Å². The van der Waals surface area contributed by atoms with Gasteiger partial charge in [-0.3, -0.25) is 0 Å². The third kappa shape index (κ3) is 2.47. The van der Waals surface area contributed by atoms with Crippen molar-refractivity contribution in [2.45, 2.75) is 13.2 Å². The van der Waals surface area contributed by atoms with E-state index in [1.54, 1.807) is 0 Å². The highest BCUT2D eigenvalue weighted by atomic mass is 16.6. The minimum Gasteiger partial charge on any atom is -0.399 e. The predicted molar refractivity (Wildman–Crippen MR) is 43.0 cm³/mol. The molecule has 0 atom stereocenters. The Bertz CT molecular complexity index is 477. The molecule has 7 heteroatoms. The van der Waals surface area contributed by atoms with Crippen molar-refractivity contribution >= 4 is 0 Å². The molecule has 2 aromatic rings. The van der Waals surface area contributed by atoms with Crippen LogP contribution in [0.2, 0.25) is 0 Å². The summed E-state index contributed by atoms with van der Waals surface area (Å²) >= 11 is 0. The molecular formula is C8H6O7. The fourth-order valence-corrected chi connectivity index (χ4v) is 0.917. The van der Waals surface area contributed by atoms with Crippen LogP contribution in [0.1, 0.15) is 11.5 Å². The summed E-state index contributed by atoms with van der Waals surface area (Å²) in [4.78, 5) is 20.9. The normalized spacial score (nSPS) is 10.7. The average Bonchev–Trinajstić information content (AvgIpc) is 2.76. The van der Waals surface area contributed by atoms with Gasteiger partial charge in [0, 0.05) is 0 Å². The first-order valence-corrected chi connectivity index (χ1v) is 3.97. The van der Waals surface area contributed by atoms with E-state index in [2.05, 4.69) is 17.7 Å². The van der Waals surface area contributed by atoms with Crippen molar-refractivity contribution in [2.75, 3.05) is 0 Å². The standard InChI is InChI=1S/C8H6O7/c9-7-12-3-5(14-7)1-11-2-6-4-13-8(10)15-6/h3-4H,1-2H2. The Morgan fingerprint density at radius 2 is 1.40 bits per heavy atom. The molecule has 2 heterocycles. The van der Waals surface area contributed by atoms with Crippen LogP contribution in [0.25, 0.3) is 0 Å². The van der Waals surface area contributed by atoms with Crippen LogP contribution in [0.4, 0.5) is 0 Å². The van der Waals surface area contributed by atoms with Gasteiger partial charge in [0.05, 0.1) is 0 Å². The molecule has 0 amide bonds. The Morgan fingerprint density at radius 1 is 0.933 bits per heavy atom. The van der Waals surface area contributed by atoms with E-state index in [0.29, 0.717) is 0 Å². The van der Waals surface area contributed by atoms with Crippen LogP contribution in [0, 0.1) is 0 Å². The van der Waals surface area contributed by atoms with E-state index >= 15 is 0 Å². The molecule has 0 bridgehead atoms. The van der Waals surface area contributed by atoms with Gasteiger partial charge in [0.2, 0.25) is 0 Å². The van der Waals surface area contributed by atoms with Gasteiger partial charge in [0.25, 0.3) is 0 Å². The van der Waals surface area contributed by atoms with E-state index in [0.717, 1.165) is 12.5 Å². The van der Waals surface area contributed by atoms with Crippen molar-refractivity contribution in [2.24, 2.45) is 0 Å². The summed E-state index contributed by atoms with van der Waals surface area (Å²) in [5.41, 5.74) is 0. The monoisotopic (exact) mass is 214 g/mol. The third-order valence-electron chi connectivity index (χ3n) is 1.49. The van der Waals surface area contributed by atoms with Crippen LogP contribution in [-0.2, 0) is 18.0 Å². The molecule has 0 spiro atoms. The third-order valence-corrected chi connectivity index (χ3v) is 1.49. The summed E-state index contributed by atoms with van der Waals surface area (Å²) in [5, 5.41) is 0. The van der Waals surface area contributed by atoms with E-state index in [1.165, 1.54) is 0 Å². The van der Waals surface area contributed by atoms with Gasteiger partial charge in [-0.05, 0) is 0 Å². The molecule has 0 saturated carbocycles. The van der Waals surface area contributed by atoms with Gasteiger partial charge in [-0.25, -0.2) is 9.59 Å². The number of hydrogen-bond acceptors (Lipinski definition) is 7. The summed E-state index contributed by atoms with van der Waals surface area (Å²) < 4.78 is 22.9. The van der Waals surface area contributed by atoms with E-state index in [1.807, 2.05) is 0 Å². The maximum atomic E-state index is 10.5. The summed E-state index contributed by atoms with van der Waals surface area (Å²) in [6, 6.07) is 0. The number of rotatable bonds is 4. The van der Waals surface area contributed by atoms with Crippen molar-refractivity contribution in [1.82, 2.24) is 0 Å². The topological polar surface area (TPSA) is 95.9 Å². The minimum atomic E-state index is -0.788. The molecule has 15 heavy (non-hydrogen) atoms. The van der Waals surface area contributed by atoms with Gasteiger partial charge in [-0.15, -0.1) is 0 Å². The molecule has 0 fully saturated rings. The first kappa shape index (κ1) is 9.53. The average molecular weight is 214 g/mol. The van der Waals surface area contributed by atoms with Gasteiger partial charge >= 0.3 is 11.6 Å². The lowest BCUT2D eigenvalue weighted by Crippen LogP contribution is -1.94. The van der Waals surface area contributed by atoms with E-state index < -0.39 is 11.6 Å². The second-order valence-corrected chi connectivity index (χ2v) is 2.60. The van der Waals surface area contributed by atoms with Gasteiger partial charge in [0.15, 0.2) is 11.5 Å². The second-order valence-electron chi connectivity index (χ2n) is 2.60. The molecule has 0 radical (unpaired) electrons. The summed E-state index contributed by atoms with van der Waals surface area (Å²) in [7, 11) is 0. The van der Waals surface area contributed by atoms with Crippen molar-refractivity contribution < 1.29 is 22.4 Å². The lowest BCUT2D eigenvalue weighted by Gasteiger charge is -1.95. The Kier molecular flexibility index (Phi) is 2.55. The van der Waals surface area contributed by atoms with E-state index in [4.69, 9.17) is 4.74 Å². The first-order valence-electron chi connectivity index (χ1n) is 3.97. The molecule has 0 saturated heterocycles. The van der Waals surface area contributed by atoms with Gasteiger partial charge < -0.3 is 22.4 Å². The Hall–Kier alpha value is -2.02. The molecule has 0 aliphatic carbocycles. The smallest absolute Gasteiger partial charge is 0.399 e. The van der Waals surface area contributed by atoms with Crippen molar-refractivity contribution in [1.29, 1.82) is 0 Å². The highest BCUT2D eigenvalue weighted by molar-refractivity contribution is 4.84. The highest BCUT2D eigenvalue weighted by Crippen LogP contribution is 2.02. The Labute approximate surface area is 81.9 Å². The molecule has 2 rings (SSSR count). The minimum absolute atomic E-state index is 0.0423. The zero-order chi connectivity index (χ0) is 10.7. The predicted octanol–water partition coefficient (Wildman–Crippen LogP) is 0.496. The number of hydrogen-bond donors (Lipinski definition) is 0. The van der Waals surface area contributed by atoms with Gasteiger partial charge in [-0.2, -0.15) is 0 Å². The van der Waals surface area contributed by atoms with E-state index in [9.17, 15) is 9.59 Å². The lowest BCUT2D eigenvalue weighted by molar-refractivity contribution is 0.0787. The van der Waals surface area contributed by atoms with Gasteiger partial charge in [0.1, 0.15) is 25.7 Å². The molecule has 0 aliphatic heterocycles.